The summed E-state index contributed by atoms with van der Waals surface area (Å²) >= 11 is 0. The van der Waals surface area contributed by atoms with Gasteiger partial charge in [0.2, 0.25) is 0 Å². The summed E-state index contributed by atoms with van der Waals surface area (Å²) in [6.07, 6.45) is 3.94. The predicted molar refractivity (Wildman–Crippen MR) is 119 cm³/mol. The average Bonchev–Trinajstić information content (AvgIpc) is 3.43. The smallest absolute Gasteiger partial charge is 0.407 e. The van der Waals surface area contributed by atoms with Gasteiger partial charge in [-0.05, 0) is 71.2 Å². The van der Waals surface area contributed by atoms with Gasteiger partial charge in [-0.25, -0.2) is 4.79 Å². The Bertz CT molecular complexity index is 839. The number of likely N-dealkylation sites (tertiary alicyclic amines) is 1. The molecule has 8 nitrogen and oxygen atoms in total. The zero-order valence-electron chi connectivity index (χ0n) is 18.9. The van der Waals surface area contributed by atoms with E-state index in [2.05, 4.69) is 10.5 Å². The Balaban J connectivity index is 0.000000858. The lowest BCUT2D eigenvalue weighted by Crippen LogP contribution is -2.37. The highest BCUT2D eigenvalue weighted by molar-refractivity contribution is 5.84. The Morgan fingerprint density at radius 3 is 2.65 bits per heavy atom. The molecular weight excluding hydrogens is 398 g/mol. The molecule has 0 saturated carbocycles. The Morgan fingerprint density at radius 1 is 1.26 bits per heavy atom. The molecule has 8 heteroatoms. The minimum atomic E-state index is -0.810. The van der Waals surface area contributed by atoms with Crippen molar-refractivity contribution in [1.29, 1.82) is 0 Å². The van der Waals surface area contributed by atoms with Crippen molar-refractivity contribution < 1.29 is 23.9 Å². The maximum Gasteiger partial charge on any atom is 0.407 e. The molecule has 2 saturated heterocycles. The lowest BCUT2D eigenvalue weighted by Gasteiger charge is -2.29. The van der Waals surface area contributed by atoms with Crippen LogP contribution in [0.3, 0.4) is 0 Å². The summed E-state index contributed by atoms with van der Waals surface area (Å²) in [4.78, 5) is 12.5. The molecule has 0 spiro atoms. The van der Waals surface area contributed by atoms with Crippen molar-refractivity contribution in [2.45, 2.75) is 39.0 Å². The second-order valence-corrected chi connectivity index (χ2v) is 8.49. The standard InChI is InChI=1S/C21H28N2O5.C2H7N/c1-14-19(27-13-16-8-11-26-12-16)5-3-17-18(22-28-20(14)17)4-2-15-6-9-23(10-7-15)21(24)25;1-3-2/h3,5,15-16H,2,4,6-13H2,1H3,(H,24,25);3H,1-2H3. The van der Waals surface area contributed by atoms with Crippen LogP contribution < -0.4 is 10.1 Å². The zero-order chi connectivity index (χ0) is 22.2. The van der Waals surface area contributed by atoms with Crippen molar-refractivity contribution in [3.8, 4) is 5.75 Å². The van der Waals surface area contributed by atoms with Crippen LogP contribution >= 0.6 is 0 Å². The van der Waals surface area contributed by atoms with Crippen LogP contribution in [0.5, 0.6) is 5.75 Å². The largest absolute Gasteiger partial charge is 0.493 e. The first-order chi connectivity index (χ1) is 15.0. The molecule has 3 heterocycles. The van der Waals surface area contributed by atoms with Crippen molar-refractivity contribution in [2.24, 2.45) is 11.8 Å². The number of hydrogen-bond donors (Lipinski definition) is 2. The number of nitrogens with zero attached hydrogens (tertiary/aromatic N) is 2. The van der Waals surface area contributed by atoms with E-state index in [1.54, 1.807) is 0 Å². The van der Waals surface area contributed by atoms with Crippen LogP contribution in [0.4, 0.5) is 4.79 Å². The number of benzene rings is 1. The van der Waals surface area contributed by atoms with Crippen molar-refractivity contribution in [3.05, 3.63) is 23.4 Å². The van der Waals surface area contributed by atoms with Gasteiger partial charge in [0.05, 0.1) is 18.9 Å². The molecule has 1 atom stereocenters. The number of fused-ring (bicyclic) bond motifs is 1. The molecule has 4 rings (SSSR count). The molecule has 1 aromatic carbocycles. The maximum absolute atomic E-state index is 11.0. The molecule has 2 N–H and O–H groups in total. The third-order valence-electron chi connectivity index (χ3n) is 6.09. The summed E-state index contributed by atoms with van der Waals surface area (Å²) < 4.78 is 17.0. The number of piperidine rings is 1. The van der Waals surface area contributed by atoms with Gasteiger partial charge in [-0.1, -0.05) is 5.16 Å². The van der Waals surface area contributed by atoms with Gasteiger partial charge in [0.25, 0.3) is 0 Å². The molecule has 2 aromatic rings. The molecule has 2 aliphatic heterocycles. The number of aryl methyl sites for hydroxylation is 2. The number of aromatic nitrogens is 1. The molecule has 0 bridgehead atoms. The highest BCUT2D eigenvalue weighted by Crippen LogP contribution is 2.31. The minimum Gasteiger partial charge on any atom is -0.493 e. The first-order valence-corrected chi connectivity index (χ1v) is 11.2. The van der Waals surface area contributed by atoms with E-state index in [1.165, 1.54) is 4.90 Å². The average molecular weight is 434 g/mol. The van der Waals surface area contributed by atoms with Crippen LogP contribution in [-0.4, -0.2) is 68.3 Å². The van der Waals surface area contributed by atoms with Gasteiger partial charge in [0.15, 0.2) is 5.58 Å². The maximum atomic E-state index is 11.0. The van der Waals surface area contributed by atoms with E-state index in [9.17, 15) is 4.79 Å². The van der Waals surface area contributed by atoms with Crippen LogP contribution in [0.15, 0.2) is 16.7 Å². The van der Waals surface area contributed by atoms with E-state index in [4.69, 9.17) is 19.1 Å². The first-order valence-electron chi connectivity index (χ1n) is 11.2. The van der Waals surface area contributed by atoms with Gasteiger partial charge in [0.1, 0.15) is 5.75 Å². The summed E-state index contributed by atoms with van der Waals surface area (Å²) in [6, 6.07) is 4.06. The number of rotatable bonds is 6. The van der Waals surface area contributed by atoms with Crippen LogP contribution in [0.2, 0.25) is 0 Å². The highest BCUT2D eigenvalue weighted by Gasteiger charge is 2.23. The van der Waals surface area contributed by atoms with Crippen molar-refractivity contribution in [2.75, 3.05) is 47.0 Å². The lowest BCUT2D eigenvalue weighted by atomic mass is 9.91. The highest BCUT2D eigenvalue weighted by atomic mass is 16.5. The summed E-state index contributed by atoms with van der Waals surface area (Å²) in [5.41, 5.74) is 2.77. The van der Waals surface area contributed by atoms with Crippen molar-refractivity contribution >= 4 is 17.1 Å². The third-order valence-corrected chi connectivity index (χ3v) is 6.09. The fourth-order valence-electron chi connectivity index (χ4n) is 4.18. The van der Waals surface area contributed by atoms with Crippen LogP contribution in [0.1, 0.15) is 36.9 Å². The Kier molecular flexibility index (Phi) is 8.54. The van der Waals surface area contributed by atoms with E-state index >= 15 is 0 Å². The summed E-state index contributed by atoms with van der Waals surface area (Å²) in [5.74, 6) is 1.86. The second kappa shape index (κ2) is 11.3. The van der Waals surface area contributed by atoms with Crippen molar-refractivity contribution in [3.63, 3.8) is 0 Å². The summed E-state index contributed by atoms with van der Waals surface area (Å²) in [7, 11) is 3.75. The van der Waals surface area contributed by atoms with Gasteiger partial charge in [0, 0.05) is 36.6 Å². The normalized spacial score (nSPS) is 19.3. The van der Waals surface area contributed by atoms with Gasteiger partial charge < -0.3 is 29.3 Å². The van der Waals surface area contributed by atoms with Gasteiger partial charge >= 0.3 is 6.09 Å². The number of nitrogens with one attached hydrogen (secondary N) is 1. The Labute approximate surface area is 183 Å². The number of carboxylic acid groups (broad SMARTS) is 1. The van der Waals surface area contributed by atoms with Crippen molar-refractivity contribution in [1.82, 2.24) is 15.4 Å². The second-order valence-electron chi connectivity index (χ2n) is 8.49. The number of carbonyl (C=O) groups is 1. The Hall–Kier alpha value is -2.32. The topological polar surface area (TPSA) is 97.1 Å². The predicted octanol–water partition coefficient (Wildman–Crippen LogP) is 3.71. The van der Waals surface area contributed by atoms with Gasteiger partial charge in [-0.2, -0.15) is 0 Å². The summed E-state index contributed by atoms with van der Waals surface area (Å²) in [5, 5.41) is 17.2. The fraction of sp³-hybridized carbons (Fsp3) is 0.652. The Morgan fingerprint density at radius 2 is 2.00 bits per heavy atom. The van der Waals surface area contributed by atoms with Gasteiger partial charge in [-0.15, -0.1) is 0 Å². The summed E-state index contributed by atoms with van der Waals surface area (Å²) in [6.45, 7) is 5.55. The third kappa shape index (κ3) is 6.11. The molecule has 2 aliphatic rings. The molecule has 0 radical (unpaired) electrons. The van der Waals surface area contributed by atoms with Gasteiger partial charge in [-0.3, -0.25) is 0 Å². The van der Waals surface area contributed by atoms with E-state index in [0.29, 0.717) is 31.5 Å². The van der Waals surface area contributed by atoms with E-state index in [1.807, 2.05) is 33.2 Å². The van der Waals surface area contributed by atoms with E-state index < -0.39 is 6.09 Å². The van der Waals surface area contributed by atoms with E-state index in [-0.39, 0.29) is 0 Å². The van der Waals surface area contributed by atoms with Crippen LogP contribution in [0, 0.1) is 18.8 Å². The number of ether oxygens (including phenoxy) is 2. The minimum absolute atomic E-state index is 0.466. The molecule has 2 fully saturated rings. The molecule has 0 aliphatic carbocycles. The molecule has 1 amide bonds. The quantitative estimate of drug-likeness (QED) is 0.717. The molecule has 31 heavy (non-hydrogen) atoms. The molecule has 1 aromatic heterocycles. The van der Waals surface area contributed by atoms with Crippen LogP contribution in [0.25, 0.3) is 11.0 Å². The monoisotopic (exact) mass is 433 g/mol. The zero-order valence-corrected chi connectivity index (χ0v) is 18.9. The first kappa shape index (κ1) is 23.3. The number of hydrogen-bond acceptors (Lipinski definition) is 6. The lowest BCUT2D eigenvalue weighted by molar-refractivity contribution is 0.123. The SMILES string of the molecule is CNC.Cc1c(OCC2CCOC2)ccc2c(CCC3CCN(C(=O)O)CC3)noc12. The molecular formula is C23H35N3O5. The van der Waals surface area contributed by atoms with Crippen LogP contribution in [-0.2, 0) is 11.2 Å². The fourth-order valence-corrected chi connectivity index (χ4v) is 4.18. The molecule has 1 unspecified atom stereocenters. The van der Waals surface area contributed by atoms with E-state index in [0.717, 1.165) is 73.3 Å². The number of amides is 1. The molecule has 172 valence electrons.